The monoisotopic (exact) mass is 548 g/mol. The first-order chi connectivity index (χ1) is 18.4. The van der Waals surface area contributed by atoms with Gasteiger partial charge in [-0.1, -0.05) is 36.0 Å². The van der Waals surface area contributed by atoms with Crippen molar-refractivity contribution in [2.24, 2.45) is 0 Å². The highest BCUT2D eigenvalue weighted by molar-refractivity contribution is 7.98. The lowest BCUT2D eigenvalue weighted by molar-refractivity contribution is 0.0536. The lowest BCUT2D eigenvalue weighted by atomic mass is 10.00. The first-order valence-electron chi connectivity index (χ1n) is 11.2. The summed E-state index contributed by atoms with van der Waals surface area (Å²) in [6.07, 6.45) is -1.00. The lowest BCUT2D eigenvalue weighted by Crippen LogP contribution is -2.21. The number of anilines is 3. The van der Waals surface area contributed by atoms with Crippen molar-refractivity contribution < 1.29 is 19.3 Å². The number of hydrogen-bond donors (Lipinski definition) is 4. The Morgan fingerprint density at radius 1 is 1.24 bits per heavy atom. The number of nitrogens with two attached hydrogens (primary N) is 1. The SMILES string of the molecule is [C-]#[N+]c1c(N)nc(SCc2csc(Nc3ccccc3F)n2)c(C#N)c1-c1ccc(OCC(O)CO)cc1. The Hall–Kier alpha value is -4.20. The molecular weight excluding hydrogens is 527 g/mol. The number of aliphatic hydroxyl groups is 2. The number of aromatic nitrogens is 2. The second-order valence-corrected chi connectivity index (χ2v) is 9.66. The summed E-state index contributed by atoms with van der Waals surface area (Å²) in [7, 11) is 0. The number of aliphatic hydroxyl groups excluding tert-OH is 2. The van der Waals surface area contributed by atoms with Crippen molar-refractivity contribution >= 4 is 45.4 Å². The lowest BCUT2D eigenvalue weighted by Gasteiger charge is -2.14. The molecule has 9 nitrogen and oxygen atoms in total. The largest absolute Gasteiger partial charge is 0.491 e. The van der Waals surface area contributed by atoms with Crippen molar-refractivity contribution in [2.75, 3.05) is 24.3 Å². The molecule has 2 aromatic heterocycles. The fourth-order valence-corrected chi connectivity index (χ4v) is 5.10. The van der Waals surface area contributed by atoms with Crippen molar-refractivity contribution in [3.05, 3.63) is 82.4 Å². The van der Waals surface area contributed by atoms with E-state index in [1.807, 2.05) is 5.38 Å². The number of rotatable bonds is 10. The van der Waals surface area contributed by atoms with Gasteiger partial charge in [-0.15, -0.1) is 11.3 Å². The first-order valence-corrected chi connectivity index (χ1v) is 13.0. The van der Waals surface area contributed by atoms with Crippen LogP contribution in [0.5, 0.6) is 5.75 Å². The molecule has 12 heteroatoms. The van der Waals surface area contributed by atoms with Gasteiger partial charge in [-0.3, -0.25) is 0 Å². The third-order valence-corrected chi connectivity index (χ3v) is 7.02. The number of nitrogens with zero attached hydrogens (tertiary/aromatic N) is 4. The minimum Gasteiger partial charge on any atom is -0.491 e. The third-order valence-electron chi connectivity index (χ3n) is 5.21. The van der Waals surface area contributed by atoms with E-state index < -0.39 is 12.7 Å². The second kappa shape index (κ2) is 12.4. The summed E-state index contributed by atoms with van der Waals surface area (Å²) in [6.45, 7) is 7.11. The van der Waals surface area contributed by atoms with Crippen LogP contribution in [0.25, 0.3) is 16.0 Å². The van der Waals surface area contributed by atoms with Gasteiger partial charge in [0, 0.05) is 16.7 Å². The van der Waals surface area contributed by atoms with Gasteiger partial charge in [-0.25, -0.2) is 19.2 Å². The van der Waals surface area contributed by atoms with Crippen molar-refractivity contribution in [3.8, 4) is 22.9 Å². The standard InChI is InChI=1S/C26H21FN6O3S2/c1-30-23-22(15-6-8-18(9-7-15)36-12-17(35)11-34)19(10-28)25(33-24(23)29)37-13-16-14-38-26(31-16)32-21-5-3-2-4-20(21)27/h2-9,14,17,34-35H,11-13H2,(H2,29,33)(H,31,32). The van der Waals surface area contributed by atoms with Crippen molar-refractivity contribution in [1.82, 2.24) is 9.97 Å². The number of halogens is 1. The molecule has 192 valence electrons. The minimum absolute atomic E-state index is 0.00285. The van der Waals surface area contributed by atoms with Gasteiger partial charge in [-0.2, -0.15) is 5.26 Å². The van der Waals surface area contributed by atoms with Crippen LogP contribution in [0.15, 0.2) is 58.9 Å². The van der Waals surface area contributed by atoms with Gasteiger partial charge in [-0.05, 0) is 29.8 Å². The van der Waals surface area contributed by atoms with Gasteiger partial charge >= 0.3 is 0 Å². The van der Waals surface area contributed by atoms with Crippen LogP contribution in [0.3, 0.4) is 0 Å². The van der Waals surface area contributed by atoms with E-state index in [0.717, 1.165) is 0 Å². The number of nitrogens with one attached hydrogen (secondary N) is 1. The molecule has 1 unspecified atom stereocenters. The number of pyridine rings is 1. The molecule has 38 heavy (non-hydrogen) atoms. The number of ether oxygens (including phenoxy) is 1. The maximum Gasteiger partial charge on any atom is 0.236 e. The average molecular weight is 549 g/mol. The normalized spacial score (nSPS) is 11.4. The number of hydrogen-bond acceptors (Lipinski definition) is 10. The number of para-hydroxylation sites is 1. The van der Waals surface area contributed by atoms with Gasteiger partial charge in [0.2, 0.25) is 5.69 Å². The van der Waals surface area contributed by atoms with Crippen LogP contribution >= 0.6 is 23.1 Å². The number of thioether (sulfide) groups is 1. The molecule has 1 atom stereocenters. The van der Waals surface area contributed by atoms with E-state index in [4.69, 9.17) is 22.1 Å². The molecule has 0 radical (unpaired) electrons. The third kappa shape index (κ3) is 6.19. The fraction of sp³-hybridized carbons (Fsp3) is 0.154. The van der Waals surface area contributed by atoms with Crippen molar-refractivity contribution in [3.63, 3.8) is 0 Å². The predicted molar refractivity (Wildman–Crippen MR) is 145 cm³/mol. The van der Waals surface area contributed by atoms with Crippen LogP contribution in [-0.2, 0) is 5.75 Å². The van der Waals surface area contributed by atoms with E-state index in [-0.39, 0.29) is 29.5 Å². The zero-order valence-electron chi connectivity index (χ0n) is 19.8. The summed E-state index contributed by atoms with van der Waals surface area (Å²) in [6, 6.07) is 15.1. The van der Waals surface area contributed by atoms with Crippen LogP contribution in [0, 0.1) is 23.7 Å². The van der Waals surface area contributed by atoms with Crippen LogP contribution in [0.4, 0.5) is 26.7 Å². The molecule has 2 aromatic carbocycles. The highest BCUT2D eigenvalue weighted by Gasteiger charge is 2.21. The van der Waals surface area contributed by atoms with Gasteiger partial charge in [0.25, 0.3) is 0 Å². The summed E-state index contributed by atoms with van der Waals surface area (Å²) in [5.41, 5.74) is 8.34. The van der Waals surface area contributed by atoms with Crippen LogP contribution in [0.1, 0.15) is 11.3 Å². The maximum absolute atomic E-state index is 13.9. The Labute approximate surface area is 226 Å². The van der Waals surface area contributed by atoms with Crippen molar-refractivity contribution in [1.29, 1.82) is 5.26 Å². The van der Waals surface area contributed by atoms with Gasteiger partial charge in [0.05, 0.1) is 30.1 Å². The van der Waals surface area contributed by atoms with Crippen LogP contribution < -0.4 is 15.8 Å². The highest BCUT2D eigenvalue weighted by atomic mass is 32.2. The molecule has 5 N–H and O–H groups in total. The summed E-state index contributed by atoms with van der Waals surface area (Å²) >= 11 is 2.58. The van der Waals surface area contributed by atoms with E-state index in [1.165, 1.54) is 29.2 Å². The molecule has 0 saturated carbocycles. The molecule has 0 spiro atoms. The maximum atomic E-state index is 13.9. The van der Waals surface area contributed by atoms with E-state index in [1.54, 1.807) is 42.5 Å². The van der Waals surface area contributed by atoms with E-state index >= 15 is 0 Å². The summed E-state index contributed by atoms with van der Waals surface area (Å²) in [4.78, 5) is 12.3. The number of thiazole rings is 1. The Morgan fingerprint density at radius 3 is 2.68 bits per heavy atom. The molecule has 0 bridgehead atoms. The summed E-state index contributed by atoms with van der Waals surface area (Å²) < 4.78 is 19.4. The van der Waals surface area contributed by atoms with E-state index in [2.05, 4.69) is 26.2 Å². The summed E-state index contributed by atoms with van der Waals surface area (Å²) in [5.74, 6) is 0.437. The molecule has 2 heterocycles. The molecule has 0 saturated heterocycles. The molecule has 0 aliphatic rings. The smallest absolute Gasteiger partial charge is 0.236 e. The average Bonchev–Trinajstić information content (AvgIpc) is 3.39. The predicted octanol–water partition coefficient (Wildman–Crippen LogP) is 5.12. The highest BCUT2D eigenvalue weighted by Crippen LogP contribution is 2.42. The van der Waals surface area contributed by atoms with Gasteiger partial charge in [0.15, 0.2) is 5.13 Å². The Bertz CT molecular complexity index is 1520. The van der Waals surface area contributed by atoms with E-state index in [9.17, 15) is 14.8 Å². The molecule has 0 amide bonds. The molecule has 4 rings (SSSR count). The van der Waals surface area contributed by atoms with Gasteiger partial charge < -0.3 is 26.0 Å². The Morgan fingerprint density at radius 2 is 2.00 bits per heavy atom. The Kier molecular flexibility index (Phi) is 8.73. The van der Waals surface area contributed by atoms with Crippen molar-refractivity contribution in [2.45, 2.75) is 16.9 Å². The minimum atomic E-state index is -1.00. The second-order valence-electron chi connectivity index (χ2n) is 7.83. The molecule has 4 aromatic rings. The number of nitriles is 1. The molecule has 0 aliphatic heterocycles. The summed E-state index contributed by atoms with van der Waals surface area (Å²) in [5, 5.41) is 34.1. The van der Waals surface area contributed by atoms with Crippen LogP contribution in [0.2, 0.25) is 0 Å². The number of benzene rings is 2. The topological polar surface area (TPSA) is 142 Å². The first kappa shape index (κ1) is 26.9. The van der Waals surface area contributed by atoms with Gasteiger partial charge in [0.1, 0.15) is 41.2 Å². The van der Waals surface area contributed by atoms with Crippen LogP contribution in [-0.4, -0.2) is 39.5 Å². The van der Waals surface area contributed by atoms with E-state index in [0.29, 0.717) is 44.2 Å². The zero-order valence-corrected chi connectivity index (χ0v) is 21.4. The quantitative estimate of drug-likeness (QED) is 0.157. The fourth-order valence-electron chi connectivity index (χ4n) is 3.39. The molecular formula is C26H21FN6O3S2. The Balaban J connectivity index is 1.56. The zero-order chi connectivity index (χ0) is 27.1. The molecule has 0 fully saturated rings. The molecule has 0 aliphatic carbocycles. The number of nitrogen functional groups attached to an aromatic ring is 1.